The van der Waals surface area contributed by atoms with Crippen LogP contribution in [0.25, 0.3) is 121 Å². The standard InChI is InChI=1S/C57H35N5/c1-4-16-36(17-5-1)38-28-30-45-46-31-29-39(37-18-6-2-7-19-37)35-53(46)62(52(45)34-38)57-59-55-47-25-12-10-22-42(47)40-32-49(43-23-11-13-26-48(43)56(58-55)60-57)54-50(33-40)44-24-14-15-27-51(44)61(54)41-20-8-3-9-21-41/h1-35H. The monoisotopic (exact) mass is 789 g/mol. The van der Waals surface area contributed by atoms with Crippen molar-refractivity contribution in [3.05, 3.63) is 212 Å². The van der Waals surface area contributed by atoms with Crippen LogP contribution in [0.3, 0.4) is 0 Å². The second-order valence-corrected chi connectivity index (χ2v) is 16.0. The van der Waals surface area contributed by atoms with Crippen molar-refractivity contribution in [2.45, 2.75) is 0 Å². The molecule has 13 rings (SSSR count). The van der Waals surface area contributed by atoms with E-state index in [1.807, 2.05) is 0 Å². The molecule has 0 unspecified atom stereocenters. The maximum absolute atomic E-state index is 5.52. The van der Waals surface area contributed by atoms with E-state index in [9.17, 15) is 0 Å². The summed E-state index contributed by atoms with van der Waals surface area (Å²) in [6.45, 7) is 0. The Morgan fingerprint density at radius 3 is 1.32 bits per heavy atom. The van der Waals surface area contributed by atoms with E-state index in [4.69, 9.17) is 15.0 Å². The van der Waals surface area contributed by atoms with Crippen LogP contribution in [0.15, 0.2) is 212 Å². The molecule has 0 spiro atoms. The number of hydrogen-bond donors (Lipinski definition) is 0. The molecule has 0 aliphatic heterocycles. The van der Waals surface area contributed by atoms with Crippen LogP contribution in [0.4, 0.5) is 0 Å². The van der Waals surface area contributed by atoms with E-state index < -0.39 is 0 Å². The first-order valence-electron chi connectivity index (χ1n) is 21.0. The number of aromatic nitrogens is 5. The van der Waals surface area contributed by atoms with Gasteiger partial charge in [-0.05, 0) is 80.9 Å². The van der Waals surface area contributed by atoms with E-state index >= 15 is 0 Å². The van der Waals surface area contributed by atoms with Gasteiger partial charge < -0.3 is 4.57 Å². The van der Waals surface area contributed by atoms with Gasteiger partial charge in [0, 0.05) is 43.4 Å². The number of fused-ring (bicyclic) bond motifs is 17. The van der Waals surface area contributed by atoms with Crippen LogP contribution in [0.2, 0.25) is 0 Å². The van der Waals surface area contributed by atoms with Crippen LogP contribution >= 0.6 is 0 Å². The molecule has 4 bridgehead atoms. The number of hydrogen-bond acceptors (Lipinski definition) is 3. The predicted octanol–water partition coefficient (Wildman–Crippen LogP) is 14.6. The summed E-state index contributed by atoms with van der Waals surface area (Å²) in [6, 6.07) is 75.9. The quantitative estimate of drug-likeness (QED) is 0.178. The molecule has 5 nitrogen and oxygen atoms in total. The maximum Gasteiger partial charge on any atom is 0.238 e. The van der Waals surface area contributed by atoms with E-state index in [-0.39, 0.29) is 0 Å². The fraction of sp³-hybridized carbons (Fsp3) is 0. The second-order valence-electron chi connectivity index (χ2n) is 16.0. The van der Waals surface area contributed by atoms with Crippen LogP contribution in [-0.4, -0.2) is 24.1 Å². The van der Waals surface area contributed by atoms with Gasteiger partial charge >= 0.3 is 0 Å². The molecule has 0 N–H and O–H groups in total. The number of rotatable bonds is 4. The third-order valence-electron chi connectivity index (χ3n) is 12.5. The van der Waals surface area contributed by atoms with Crippen molar-refractivity contribution in [1.29, 1.82) is 0 Å². The van der Waals surface area contributed by atoms with Gasteiger partial charge in [-0.2, -0.15) is 9.97 Å². The molecule has 13 aromatic rings. The molecule has 0 radical (unpaired) electrons. The van der Waals surface area contributed by atoms with Gasteiger partial charge in [0.25, 0.3) is 0 Å². The van der Waals surface area contributed by atoms with Crippen molar-refractivity contribution >= 4 is 87.2 Å². The lowest BCUT2D eigenvalue weighted by atomic mass is 10.0. The Morgan fingerprint density at radius 1 is 0.274 bits per heavy atom. The SMILES string of the molecule is c1ccc(-c2ccc3c4ccc(-c5ccccc5)cc4n(-c4nc5nc(n4)c4ccccc4c4cc(cc6c7ccccc7n(-c7ccccc7)c46)c4ccccc54)c3c2)cc1. The van der Waals surface area contributed by atoms with Crippen LogP contribution in [0.1, 0.15) is 0 Å². The molecule has 5 heteroatoms. The molecule has 62 heavy (non-hydrogen) atoms. The summed E-state index contributed by atoms with van der Waals surface area (Å²) < 4.78 is 4.66. The van der Waals surface area contributed by atoms with E-state index in [0.29, 0.717) is 17.2 Å². The van der Waals surface area contributed by atoms with Crippen molar-refractivity contribution in [3.8, 4) is 33.9 Å². The smallest absolute Gasteiger partial charge is 0.238 e. The predicted molar refractivity (Wildman–Crippen MR) is 258 cm³/mol. The van der Waals surface area contributed by atoms with Crippen LogP contribution in [-0.2, 0) is 0 Å². The van der Waals surface area contributed by atoms with Crippen molar-refractivity contribution in [2.75, 3.05) is 0 Å². The fourth-order valence-corrected chi connectivity index (χ4v) is 9.71. The molecule has 4 heterocycles. The lowest BCUT2D eigenvalue weighted by Crippen LogP contribution is -2.03. The Labute approximate surface area is 356 Å². The summed E-state index contributed by atoms with van der Waals surface area (Å²) in [6.07, 6.45) is 0. The Kier molecular flexibility index (Phi) is 7.54. The van der Waals surface area contributed by atoms with Crippen LogP contribution in [0, 0.1) is 0 Å². The summed E-state index contributed by atoms with van der Waals surface area (Å²) in [4.78, 5) is 16.4. The fourth-order valence-electron chi connectivity index (χ4n) is 9.71. The molecular formula is C57H35N5. The van der Waals surface area contributed by atoms with Crippen molar-refractivity contribution < 1.29 is 0 Å². The highest BCUT2D eigenvalue weighted by atomic mass is 15.2. The van der Waals surface area contributed by atoms with Gasteiger partial charge in [0.05, 0.1) is 22.1 Å². The van der Waals surface area contributed by atoms with Gasteiger partial charge in [-0.15, -0.1) is 0 Å². The maximum atomic E-state index is 5.52. The molecule has 0 aliphatic carbocycles. The van der Waals surface area contributed by atoms with E-state index in [1.165, 1.54) is 10.8 Å². The van der Waals surface area contributed by atoms with Gasteiger partial charge in [0.15, 0.2) is 11.3 Å². The van der Waals surface area contributed by atoms with Crippen molar-refractivity contribution in [1.82, 2.24) is 24.1 Å². The number of para-hydroxylation sites is 2. The minimum atomic E-state index is 0.567. The summed E-state index contributed by atoms with van der Waals surface area (Å²) >= 11 is 0. The zero-order valence-corrected chi connectivity index (χ0v) is 33.4. The normalized spacial score (nSPS) is 11.9. The van der Waals surface area contributed by atoms with E-state index in [1.54, 1.807) is 0 Å². The highest BCUT2D eigenvalue weighted by molar-refractivity contribution is 6.24. The molecule has 9 aromatic carbocycles. The van der Waals surface area contributed by atoms with Crippen LogP contribution in [0.5, 0.6) is 0 Å². The topological polar surface area (TPSA) is 48.5 Å². The van der Waals surface area contributed by atoms with E-state index in [0.717, 1.165) is 93.1 Å². The number of nitrogens with zero attached hydrogens (tertiary/aromatic N) is 5. The molecule has 0 fully saturated rings. The minimum Gasteiger partial charge on any atom is -0.309 e. The lowest BCUT2D eigenvalue weighted by molar-refractivity contribution is 1.00. The first-order chi connectivity index (χ1) is 30.7. The highest BCUT2D eigenvalue weighted by Gasteiger charge is 2.20. The first kappa shape index (κ1) is 34.5. The molecular weight excluding hydrogens is 755 g/mol. The largest absolute Gasteiger partial charge is 0.309 e. The molecule has 0 saturated carbocycles. The average molecular weight is 790 g/mol. The average Bonchev–Trinajstić information content (AvgIpc) is 3.86. The van der Waals surface area contributed by atoms with Gasteiger partial charge in [-0.1, -0.05) is 170 Å². The van der Waals surface area contributed by atoms with Gasteiger partial charge in [0.2, 0.25) is 5.95 Å². The Morgan fingerprint density at radius 2 is 0.726 bits per heavy atom. The summed E-state index contributed by atoms with van der Waals surface area (Å²) in [7, 11) is 0. The van der Waals surface area contributed by atoms with Gasteiger partial charge in [-0.3, -0.25) is 4.57 Å². The third kappa shape index (κ3) is 5.25. The lowest BCUT2D eigenvalue weighted by Gasteiger charge is -2.12. The molecule has 0 atom stereocenters. The zero-order chi connectivity index (χ0) is 40.7. The molecule has 288 valence electrons. The Hall–Kier alpha value is -8.41. The van der Waals surface area contributed by atoms with E-state index in [2.05, 4.69) is 221 Å². The van der Waals surface area contributed by atoms with Gasteiger partial charge in [0.1, 0.15) is 0 Å². The van der Waals surface area contributed by atoms with Crippen molar-refractivity contribution in [3.63, 3.8) is 0 Å². The third-order valence-corrected chi connectivity index (χ3v) is 12.5. The zero-order valence-electron chi connectivity index (χ0n) is 33.4. The second kappa shape index (κ2) is 13.6. The molecule has 0 aliphatic rings. The highest BCUT2D eigenvalue weighted by Crippen LogP contribution is 2.41. The molecule has 4 aromatic heterocycles. The van der Waals surface area contributed by atoms with Crippen molar-refractivity contribution in [2.24, 2.45) is 0 Å². The van der Waals surface area contributed by atoms with Gasteiger partial charge in [-0.25, -0.2) is 4.98 Å². The number of benzene rings is 9. The summed E-state index contributed by atoms with van der Waals surface area (Å²) in [5.41, 5.74) is 11.3. The first-order valence-corrected chi connectivity index (χ1v) is 21.0. The summed E-state index contributed by atoms with van der Waals surface area (Å²) in [5.74, 6) is 0.567. The summed E-state index contributed by atoms with van der Waals surface area (Å²) in [5, 5.41) is 10.9. The Bertz CT molecular complexity index is 3870. The van der Waals surface area contributed by atoms with Crippen LogP contribution < -0.4 is 0 Å². The Balaban J connectivity index is 1.22. The minimum absolute atomic E-state index is 0.567. The molecule has 0 saturated heterocycles. The molecule has 0 amide bonds.